The van der Waals surface area contributed by atoms with Gasteiger partial charge in [-0.1, -0.05) is 0 Å². The zero-order valence-corrected chi connectivity index (χ0v) is 9.21. The maximum absolute atomic E-state index is 5.42. The molecule has 0 aliphatic carbocycles. The van der Waals surface area contributed by atoms with Gasteiger partial charge in [-0.05, 0) is 12.1 Å². The highest BCUT2D eigenvalue weighted by Gasteiger charge is 2.05. The molecule has 0 amide bonds. The Kier molecular flexibility index (Phi) is 4.46. The van der Waals surface area contributed by atoms with Crippen LogP contribution in [-0.2, 0) is 0 Å². The van der Waals surface area contributed by atoms with Gasteiger partial charge in [0.2, 0.25) is 0 Å². The second-order valence-electron chi connectivity index (χ2n) is 2.59. The molecule has 0 aromatic heterocycles. The summed E-state index contributed by atoms with van der Waals surface area (Å²) in [6, 6.07) is 5.44. The Hall–Kier alpha value is -1.03. The third-order valence-corrected chi connectivity index (χ3v) is 1.90. The second kappa shape index (κ2) is 5.65. The number of hydrogen-bond donors (Lipinski definition) is 1. The smallest absolute Gasteiger partial charge is 0.164 e. The van der Waals surface area contributed by atoms with Crippen LogP contribution in [0.2, 0.25) is 0 Å². The molecule has 0 fully saturated rings. The molecule has 0 aliphatic rings. The molecule has 14 heavy (non-hydrogen) atoms. The molecule has 3 nitrogen and oxygen atoms in total. The summed E-state index contributed by atoms with van der Waals surface area (Å²) >= 11 is 4.06. The summed E-state index contributed by atoms with van der Waals surface area (Å²) in [5.41, 5.74) is 0. The van der Waals surface area contributed by atoms with Crippen LogP contribution in [0.4, 0.5) is 0 Å². The van der Waals surface area contributed by atoms with E-state index in [0.29, 0.717) is 23.9 Å². The molecule has 0 radical (unpaired) electrons. The largest absolute Gasteiger partial charge is 0.497 e. The average Bonchev–Trinajstić information content (AvgIpc) is 2.26. The summed E-state index contributed by atoms with van der Waals surface area (Å²) < 4.78 is 15.6. The van der Waals surface area contributed by atoms with Gasteiger partial charge >= 0.3 is 0 Å². The fourth-order valence-electron chi connectivity index (χ4n) is 1.05. The maximum atomic E-state index is 5.42. The fourth-order valence-corrected chi connectivity index (χ4v) is 1.14. The zero-order chi connectivity index (χ0) is 10.4. The van der Waals surface area contributed by atoms with Gasteiger partial charge in [0.1, 0.15) is 5.75 Å². The van der Waals surface area contributed by atoms with Crippen LogP contribution >= 0.6 is 12.6 Å². The summed E-state index contributed by atoms with van der Waals surface area (Å²) in [4.78, 5) is 0. The first-order valence-electron chi connectivity index (χ1n) is 4.27. The lowest BCUT2D eigenvalue weighted by Crippen LogP contribution is -2.00. The molecule has 0 aliphatic heterocycles. The van der Waals surface area contributed by atoms with E-state index in [0.717, 1.165) is 5.75 Å². The number of ether oxygens (including phenoxy) is 3. The monoisotopic (exact) mass is 214 g/mol. The Balaban J connectivity index is 2.82. The van der Waals surface area contributed by atoms with Crippen LogP contribution in [0.5, 0.6) is 17.2 Å². The van der Waals surface area contributed by atoms with Gasteiger partial charge in [0.15, 0.2) is 11.5 Å². The van der Waals surface area contributed by atoms with E-state index in [1.54, 1.807) is 20.3 Å². The lowest BCUT2D eigenvalue weighted by atomic mass is 10.3. The summed E-state index contributed by atoms with van der Waals surface area (Å²) in [7, 11) is 3.21. The van der Waals surface area contributed by atoms with E-state index in [1.807, 2.05) is 12.1 Å². The molecule has 0 heterocycles. The van der Waals surface area contributed by atoms with Crippen LogP contribution in [0.1, 0.15) is 0 Å². The van der Waals surface area contributed by atoms with Crippen molar-refractivity contribution in [3.63, 3.8) is 0 Å². The van der Waals surface area contributed by atoms with Gasteiger partial charge in [-0.25, -0.2) is 0 Å². The van der Waals surface area contributed by atoms with Crippen molar-refractivity contribution in [2.24, 2.45) is 0 Å². The fraction of sp³-hybridized carbons (Fsp3) is 0.400. The third kappa shape index (κ3) is 2.73. The molecule has 0 N–H and O–H groups in total. The molecule has 78 valence electrons. The second-order valence-corrected chi connectivity index (χ2v) is 3.04. The lowest BCUT2D eigenvalue weighted by molar-refractivity contribution is 0.311. The molecule has 4 heteroatoms. The highest BCUT2D eigenvalue weighted by atomic mass is 32.1. The Labute approximate surface area is 89.4 Å². The van der Waals surface area contributed by atoms with Crippen molar-refractivity contribution in [1.29, 1.82) is 0 Å². The van der Waals surface area contributed by atoms with Gasteiger partial charge in [-0.3, -0.25) is 0 Å². The van der Waals surface area contributed by atoms with Gasteiger partial charge < -0.3 is 14.2 Å². The molecule has 1 rings (SSSR count). The standard InChI is InChI=1S/C10H14O3S/c1-11-8-3-4-9(13-5-6-14)10(7-8)12-2/h3-4,7,14H,5-6H2,1-2H3. The van der Waals surface area contributed by atoms with Crippen molar-refractivity contribution in [3.8, 4) is 17.2 Å². The molecule has 1 aromatic rings. The highest BCUT2D eigenvalue weighted by Crippen LogP contribution is 2.30. The van der Waals surface area contributed by atoms with E-state index in [1.165, 1.54) is 0 Å². The normalized spacial score (nSPS) is 9.64. The minimum atomic E-state index is 0.561. The van der Waals surface area contributed by atoms with Crippen molar-refractivity contribution >= 4 is 12.6 Å². The van der Waals surface area contributed by atoms with E-state index in [-0.39, 0.29) is 0 Å². The van der Waals surface area contributed by atoms with E-state index >= 15 is 0 Å². The van der Waals surface area contributed by atoms with Crippen LogP contribution in [-0.4, -0.2) is 26.6 Å². The van der Waals surface area contributed by atoms with Crippen molar-refractivity contribution in [2.75, 3.05) is 26.6 Å². The Morgan fingerprint density at radius 1 is 1.14 bits per heavy atom. The predicted octanol–water partition coefficient (Wildman–Crippen LogP) is 2.01. The Bertz CT molecular complexity index is 289. The number of methoxy groups -OCH3 is 2. The first-order valence-corrected chi connectivity index (χ1v) is 4.90. The molecule has 1 aromatic carbocycles. The zero-order valence-electron chi connectivity index (χ0n) is 8.32. The van der Waals surface area contributed by atoms with E-state index in [2.05, 4.69) is 12.6 Å². The first-order chi connectivity index (χ1) is 6.81. The number of thiol groups is 1. The highest BCUT2D eigenvalue weighted by molar-refractivity contribution is 7.80. The van der Waals surface area contributed by atoms with E-state index < -0.39 is 0 Å². The van der Waals surface area contributed by atoms with Crippen molar-refractivity contribution in [2.45, 2.75) is 0 Å². The first kappa shape index (κ1) is 11.0. The van der Waals surface area contributed by atoms with E-state index in [9.17, 15) is 0 Å². The Morgan fingerprint density at radius 3 is 2.50 bits per heavy atom. The molecule has 0 bridgehead atoms. The number of hydrogen-bond acceptors (Lipinski definition) is 4. The molecule has 0 saturated carbocycles. The predicted molar refractivity (Wildman–Crippen MR) is 58.9 cm³/mol. The van der Waals surface area contributed by atoms with Crippen LogP contribution in [0, 0.1) is 0 Å². The van der Waals surface area contributed by atoms with Crippen LogP contribution < -0.4 is 14.2 Å². The average molecular weight is 214 g/mol. The van der Waals surface area contributed by atoms with Crippen LogP contribution in [0.25, 0.3) is 0 Å². The summed E-state index contributed by atoms with van der Waals surface area (Å²) in [5, 5.41) is 0. The maximum Gasteiger partial charge on any atom is 0.164 e. The van der Waals surface area contributed by atoms with E-state index in [4.69, 9.17) is 14.2 Å². The minimum Gasteiger partial charge on any atom is -0.497 e. The summed E-state index contributed by atoms with van der Waals surface area (Å²) in [5.74, 6) is 2.81. The number of rotatable bonds is 5. The lowest BCUT2D eigenvalue weighted by Gasteiger charge is -2.10. The molecule has 0 unspecified atom stereocenters. The summed E-state index contributed by atoms with van der Waals surface area (Å²) in [6.45, 7) is 0.561. The van der Waals surface area contributed by atoms with Crippen molar-refractivity contribution in [3.05, 3.63) is 18.2 Å². The van der Waals surface area contributed by atoms with Gasteiger partial charge in [0.05, 0.1) is 20.8 Å². The number of benzene rings is 1. The van der Waals surface area contributed by atoms with Crippen molar-refractivity contribution < 1.29 is 14.2 Å². The van der Waals surface area contributed by atoms with Gasteiger partial charge in [0.25, 0.3) is 0 Å². The quantitative estimate of drug-likeness (QED) is 0.760. The van der Waals surface area contributed by atoms with Crippen LogP contribution in [0.15, 0.2) is 18.2 Å². The molecular formula is C10H14O3S. The minimum absolute atomic E-state index is 0.561. The molecule has 0 saturated heterocycles. The van der Waals surface area contributed by atoms with Crippen molar-refractivity contribution in [1.82, 2.24) is 0 Å². The summed E-state index contributed by atoms with van der Waals surface area (Å²) in [6.07, 6.45) is 0. The van der Waals surface area contributed by atoms with Gasteiger partial charge in [0, 0.05) is 11.8 Å². The van der Waals surface area contributed by atoms with Gasteiger partial charge in [-0.2, -0.15) is 12.6 Å². The SMILES string of the molecule is COc1ccc(OCCS)c(OC)c1. The van der Waals surface area contributed by atoms with Gasteiger partial charge in [-0.15, -0.1) is 0 Å². The molecule has 0 atom stereocenters. The molecular weight excluding hydrogens is 200 g/mol. The Morgan fingerprint density at radius 2 is 1.93 bits per heavy atom. The topological polar surface area (TPSA) is 27.7 Å². The molecule has 0 spiro atoms. The van der Waals surface area contributed by atoms with Crippen LogP contribution in [0.3, 0.4) is 0 Å². The third-order valence-electron chi connectivity index (χ3n) is 1.72.